The Morgan fingerprint density at radius 3 is 2.70 bits per heavy atom. The SMILES string of the molecule is CCCCNC(=O)C[C@@H]1N=C2c3ccccc3N=C(SCc3ccc([N+](=O)[O-])cc3)N2C1=O. The lowest BCUT2D eigenvalue weighted by atomic mass is 10.1. The van der Waals surface area contributed by atoms with Crippen molar-refractivity contribution in [3.63, 3.8) is 0 Å². The van der Waals surface area contributed by atoms with E-state index in [4.69, 9.17) is 0 Å². The van der Waals surface area contributed by atoms with E-state index in [2.05, 4.69) is 15.3 Å². The topological polar surface area (TPSA) is 117 Å². The zero-order chi connectivity index (χ0) is 23.4. The number of nitrogens with zero attached hydrogens (tertiary/aromatic N) is 4. The number of benzene rings is 2. The van der Waals surface area contributed by atoms with Gasteiger partial charge in [0.25, 0.3) is 11.6 Å². The molecule has 0 radical (unpaired) electrons. The van der Waals surface area contributed by atoms with E-state index in [-0.39, 0.29) is 23.9 Å². The minimum absolute atomic E-state index is 0.00891. The van der Waals surface area contributed by atoms with Crippen molar-refractivity contribution in [3.05, 3.63) is 69.8 Å². The molecule has 170 valence electrons. The van der Waals surface area contributed by atoms with Crippen molar-refractivity contribution in [2.24, 2.45) is 9.98 Å². The molecule has 2 aromatic carbocycles. The molecule has 2 aromatic rings. The number of non-ortho nitro benzene ring substituents is 1. The fourth-order valence-corrected chi connectivity index (χ4v) is 4.50. The third-order valence-corrected chi connectivity index (χ3v) is 6.30. The highest BCUT2D eigenvalue weighted by Crippen LogP contribution is 2.35. The highest BCUT2D eigenvalue weighted by atomic mass is 32.2. The largest absolute Gasteiger partial charge is 0.356 e. The maximum atomic E-state index is 13.2. The summed E-state index contributed by atoms with van der Waals surface area (Å²) in [5, 5.41) is 14.2. The van der Waals surface area contributed by atoms with Gasteiger partial charge in [-0.05, 0) is 24.1 Å². The zero-order valence-electron chi connectivity index (χ0n) is 18.1. The van der Waals surface area contributed by atoms with E-state index < -0.39 is 11.0 Å². The van der Waals surface area contributed by atoms with E-state index in [1.165, 1.54) is 28.8 Å². The molecule has 0 bridgehead atoms. The van der Waals surface area contributed by atoms with Gasteiger partial charge in [0.1, 0.15) is 11.9 Å². The fraction of sp³-hybridized carbons (Fsp3) is 0.304. The molecule has 0 aromatic heterocycles. The molecule has 2 aliphatic rings. The van der Waals surface area contributed by atoms with Gasteiger partial charge in [-0.2, -0.15) is 0 Å². The summed E-state index contributed by atoms with van der Waals surface area (Å²) in [6.07, 6.45) is 1.85. The van der Waals surface area contributed by atoms with Crippen LogP contribution in [-0.4, -0.2) is 45.2 Å². The number of para-hydroxylation sites is 1. The lowest BCUT2D eigenvalue weighted by Crippen LogP contribution is -2.42. The normalized spacial score (nSPS) is 16.6. The molecule has 0 fully saturated rings. The maximum Gasteiger partial charge on any atom is 0.269 e. The van der Waals surface area contributed by atoms with E-state index >= 15 is 0 Å². The van der Waals surface area contributed by atoms with Crippen LogP contribution in [0.3, 0.4) is 0 Å². The second-order valence-corrected chi connectivity index (χ2v) is 8.62. The van der Waals surface area contributed by atoms with Crippen molar-refractivity contribution in [2.75, 3.05) is 6.54 Å². The molecule has 0 saturated carbocycles. The molecule has 2 heterocycles. The van der Waals surface area contributed by atoms with Crippen molar-refractivity contribution in [1.29, 1.82) is 0 Å². The van der Waals surface area contributed by atoms with E-state index in [1.54, 1.807) is 12.1 Å². The summed E-state index contributed by atoms with van der Waals surface area (Å²) in [5.41, 5.74) is 2.35. The van der Waals surface area contributed by atoms with Crippen LogP contribution >= 0.6 is 11.8 Å². The molecule has 33 heavy (non-hydrogen) atoms. The summed E-state index contributed by atoms with van der Waals surface area (Å²) in [6.45, 7) is 2.63. The average Bonchev–Trinajstić information content (AvgIpc) is 3.14. The van der Waals surface area contributed by atoms with Gasteiger partial charge in [-0.15, -0.1) is 0 Å². The Kier molecular flexibility index (Phi) is 6.83. The van der Waals surface area contributed by atoms with Crippen molar-refractivity contribution in [2.45, 2.75) is 38.0 Å². The van der Waals surface area contributed by atoms with Crippen LogP contribution in [0, 0.1) is 10.1 Å². The van der Waals surface area contributed by atoms with Crippen molar-refractivity contribution < 1.29 is 14.5 Å². The van der Waals surface area contributed by atoms with Crippen LogP contribution in [0.4, 0.5) is 11.4 Å². The van der Waals surface area contributed by atoms with Crippen LogP contribution in [0.5, 0.6) is 0 Å². The standard InChI is InChI=1S/C23H23N5O4S/c1-2-3-12-24-20(29)13-19-22(30)27-21(25-19)17-6-4-5-7-18(17)26-23(27)33-14-15-8-10-16(11-9-15)28(31)32/h4-11,19H,2-3,12-14H2,1H3,(H,24,29)/t19-/m0/s1. The molecular formula is C23H23N5O4S. The Morgan fingerprint density at radius 2 is 1.97 bits per heavy atom. The Balaban J connectivity index is 1.53. The van der Waals surface area contributed by atoms with Crippen LogP contribution in [0.25, 0.3) is 0 Å². The summed E-state index contributed by atoms with van der Waals surface area (Å²) in [6, 6.07) is 12.9. The first-order valence-electron chi connectivity index (χ1n) is 10.7. The number of carbonyl (C=O) groups is 2. The number of nitro groups is 1. The first kappa shape index (κ1) is 22.7. The number of carbonyl (C=O) groups excluding carboxylic acids is 2. The minimum atomic E-state index is -0.794. The molecule has 4 rings (SSSR count). The summed E-state index contributed by atoms with van der Waals surface area (Å²) < 4.78 is 0. The molecule has 10 heteroatoms. The number of thioether (sulfide) groups is 1. The van der Waals surface area contributed by atoms with Crippen LogP contribution < -0.4 is 5.32 Å². The number of aliphatic imine (C=N–C) groups is 2. The van der Waals surface area contributed by atoms with Gasteiger partial charge in [0.15, 0.2) is 5.17 Å². The Labute approximate surface area is 195 Å². The summed E-state index contributed by atoms with van der Waals surface area (Å²) >= 11 is 1.35. The van der Waals surface area contributed by atoms with Gasteiger partial charge in [-0.1, -0.05) is 49.4 Å². The van der Waals surface area contributed by atoms with Crippen molar-refractivity contribution in [1.82, 2.24) is 10.2 Å². The molecule has 9 nitrogen and oxygen atoms in total. The van der Waals surface area contributed by atoms with Gasteiger partial charge >= 0.3 is 0 Å². The third-order valence-electron chi connectivity index (χ3n) is 5.29. The lowest BCUT2D eigenvalue weighted by molar-refractivity contribution is -0.384. The van der Waals surface area contributed by atoms with Gasteiger partial charge in [-0.25, -0.2) is 9.89 Å². The fourth-order valence-electron chi connectivity index (χ4n) is 3.55. The monoisotopic (exact) mass is 465 g/mol. The smallest absolute Gasteiger partial charge is 0.269 e. The van der Waals surface area contributed by atoms with Gasteiger partial charge in [-0.3, -0.25) is 24.7 Å². The zero-order valence-corrected chi connectivity index (χ0v) is 18.9. The van der Waals surface area contributed by atoms with Gasteiger partial charge in [0.05, 0.1) is 17.0 Å². The number of fused-ring (bicyclic) bond motifs is 3. The molecular weight excluding hydrogens is 442 g/mol. The highest BCUT2D eigenvalue weighted by Gasteiger charge is 2.42. The second kappa shape index (κ2) is 9.95. The molecule has 0 saturated heterocycles. The van der Waals surface area contributed by atoms with E-state index in [0.29, 0.717) is 29.0 Å². The van der Waals surface area contributed by atoms with Crippen LogP contribution in [0.2, 0.25) is 0 Å². The summed E-state index contributed by atoms with van der Waals surface area (Å²) in [7, 11) is 0. The van der Waals surface area contributed by atoms with E-state index in [1.807, 2.05) is 31.2 Å². The number of amidine groups is 2. The van der Waals surface area contributed by atoms with Crippen molar-refractivity contribution >= 4 is 46.0 Å². The lowest BCUT2D eigenvalue weighted by Gasteiger charge is -2.25. The Morgan fingerprint density at radius 1 is 1.21 bits per heavy atom. The quantitative estimate of drug-likeness (QED) is 0.362. The van der Waals surface area contributed by atoms with E-state index in [0.717, 1.165) is 24.0 Å². The predicted molar refractivity (Wildman–Crippen MR) is 128 cm³/mol. The molecule has 0 unspecified atom stereocenters. The number of hydrogen-bond donors (Lipinski definition) is 1. The minimum Gasteiger partial charge on any atom is -0.356 e. The second-order valence-electron chi connectivity index (χ2n) is 7.67. The number of unbranched alkanes of at least 4 members (excludes halogenated alkanes) is 1. The Bertz CT molecular complexity index is 1150. The average molecular weight is 466 g/mol. The van der Waals surface area contributed by atoms with Gasteiger partial charge in [0, 0.05) is 30.0 Å². The van der Waals surface area contributed by atoms with Crippen molar-refractivity contribution in [3.8, 4) is 0 Å². The molecule has 2 amide bonds. The predicted octanol–water partition coefficient (Wildman–Crippen LogP) is 3.79. The number of rotatable bonds is 8. The number of nitrogens with one attached hydrogen (secondary N) is 1. The first-order chi connectivity index (χ1) is 16.0. The van der Waals surface area contributed by atoms with Crippen LogP contribution in [0.15, 0.2) is 58.5 Å². The Hall–Kier alpha value is -3.53. The first-order valence-corrected chi connectivity index (χ1v) is 11.7. The highest BCUT2D eigenvalue weighted by molar-refractivity contribution is 8.13. The molecule has 0 aliphatic carbocycles. The molecule has 2 aliphatic heterocycles. The molecule has 1 N–H and O–H groups in total. The summed E-state index contributed by atoms with van der Waals surface area (Å²) in [4.78, 5) is 46.7. The summed E-state index contributed by atoms with van der Waals surface area (Å²) in [5.74, 6) is 0.498. The van der Waals surface area contributed by atoms with Crippen LogP contribution in [0.1, 0.15) is 37.3 Å². The van der Waals surface area contributed by atoms with Gasteiger partial charge in [0.2, 0.25) is 5.91 Å². The number of nitro benzene ring substituents is 1. The van der Waals surface area contributed by atoms with Gasteiger partial charge < -0.3 is 5.32 Å². The molecule has 1 atom stereocenters. The maximum absolute atomic E-state index is 13.2. The third kappa shape index (κ3) is 4.95. The van der Waals surface area contributed by atoms with Crippen LogP contribution in [-0.2, 0) is 15.3 Å². The number of hydrogen-bond acceptors (Lipinski definition) is 7. The molecule has 0 spiro atoms. The van der Waals surface area contributed by atoms with E-state index in [9.17, 15) is 19.7 Å². The number of amides is 2.